The predicted octanol–water partition coefficient (Wildman–Crippen LogP) is 5.15. The minimum atomic E-state index is -4.66. The van der Waals surface area contributed by atoms with Crippen LogP contribution in [0.15, 0.2) is 41.6 Å². The summed E-state index contributed by atoms with van der Waals surface area (Å²) in [6.07, 6.45) is -3.08. The van der Waals surface area contributed by atoms with Gasteiger partial charge < -0.3 is 19.5 Å². The van der Waals surface area contributed by atoms with Crippen molar-refractivity contribution in [3.63, 3.8) is 0 Å². The van der Waals surface area contributed by atoms with E-state index in [1.54, 1.807) is 30.3 Å². The van der Waals surface area contributed by atoms with Crippen LogP contribution in [0.25, 0.3) is 0 Å². The van der Waals surface area contributed by atoms with Crippen LogP contribution in [0.2, 0.25) is 5.02 Å². The zero-order chi connectivity index (χ0) is 28.3. The zero-order valence-electron chi connectivity index (χ0n) is 21.2. The number of carbonyl (C=O) groups is 1. The molecule has 0 unspecified atom stereocenters. The number of pyridine rings is 1. The van der Waals surface area contributed by atoms with Crippen LogP contribution < -0.4 is 19.4 Å². The Labute approximate surface area is 228 Å². The van der Waals surface area contributed by atoms with E-state index in [0.29, 0.717) is 41.8 Å². The lowest BCUT2D eigenvalue weighted by molar-refractivity contribution is -0.137. The first kappa shape index (κ1) is 28.3. The third kappa shape index (κ3) is 6.30. The summed E-state index contributed by atoms with van der Waals surface area (Å²) in [7, 11) is 1.52. The molecule has 1 N–H and O–H groups in total. The van der Waals surface area contributed by atoms with Gasteiger partial charge in [0, 0.05) is 43.8 Å². The summed E-state index contributed by atoms with van der Waals surface area (Å²) in [5.41, 5.74) is 0.0697. The summed E-state index contributed by atoms with van der Waals surface area (Å²) in [6.45, 7) is 2.45. The second-order valence-electron chi connectivity index (χ2n) is 9.47. The van der Waals surface area contributed by atoms with Crippen molar-refractivity contribution >= 4 is 34.7 Å². The Morgan fingerprint density at radius 1 is 1.31 bits per heavy atom. The molecule has 2 aromatic rings. The van der Waals surface area contributed by atoms with Gasteiger partial charge in [0.25, 0.3) is 0 Å². The largest absolute Gasteiger partial charge is 0.490 e. The van der Waals surface area contributed by atoms with Gasteiger partial charge >= 0.3 is 12.1 Å². The molecular weight excluding hydrogens is 539 g/mol. The summed E-state index contributed by atoms with van der Waals surface area (Å²) >= 11 is 6.36. The summed E-state index contributed by atoms with van der Waals surface area (Å²) in [6, 6.07) is 9.31. The van der Waals surface area contributed by atoms with E-state index in [1.165, 1.54) is 20.2 Å². The molecule has 4 atom stereocenters. The lowest BCUT2D eigenvalue weighted by atomic mass is 9.91. The molecule has 0 aliphatic carbocycles. The average Bonchev–Trinajstić information content (AvgIpc) is 3.22. The normalized spacial score (nSPS) is 23.3. The Morgan fingerprint density at radius 2 is 2.03 bits per heavy atom. The average molecular weight is 566 g/mol. The molecule has 0 amide bonds. The van der Waals surface area contributed by atoms with Gasteiger partial charge in [-0.3, -0.25) is 9.80 Å². The van der Waals surface area contributed by atoms with Crippen molar-refractivity contribution in [1.82, 2.24) is 4.98 Å². The van der Waals surface area contributed by atoms with Crippen molar-refractivity contribution in [2.75, 3.05) is 30.1 Å². The number of nitriles is 1. The van der Waals surface area contributed by atoms with E-state index < -0.39 is 36.2 Å². The van der Waals surface area contributed by atoms with Gasteiger partial charge in [-0.25, -0.2) is 4.98 Å². The molecule has 9 nitrogen and oxygen atoms in total. The van der Waals surface area contributed by atoms with E-state index in [-0.39, 0.29) is 18.4 Å². The summed E-state index contributed by atoms with van der Waals surface area (Å²) < 4.78 is 51.8. The Hall–Kier alpha value is -3.72. The number of nitrogens with zero attached hydrogens (tertiary/aromatic N) is 5. The number of hydrogen-bond donors (Lipinski definition) is 1. The topological polar surface area (TPSA) is 111 Å². The number of benzene rings is 1. The van der Waals surface area contributed by atoms with Crippen LogP contribution in [-0.2, 0) is 4.79 Å². The van der Waals surface area contributed by atoms with Gasteiger partial charge in [0.2, 0.25) is 5.88 Å². The van der Waals surface area contributed by atoms with Crippen molar-refractivity contribution in [2.24, 2.45) is 16.9 Å². The number of alkyl halides is 3. The number of carboxylic acid groups (broad SMARTS) is 1. The molecule has 1 aromatic carbocycles. The molecule has 208 valence electrons. The summed E-state index contributed by atoms with van der Waals surface area (Å²) in [4.78, 5) is 17.5. The van der Waals surface area contributed by atoms with Crippen LogP contribution in [-0.4, -0.2) is 60.3 Å². The molecule has 1 fully saturated rings. The van der Waals surface area contributed by atoms with E-state index in [1.807, 2.05) is 0 Å². The van der Waals surface area contributed by atoms with Crippen molar-refractivity contribution in [2.45, 2.75) is 44.5 Å². The van der Waals surface area contributed by atoms with Gasteiger partial charge in [-0.15, -0.1) is 0 Å². The molecule has 0 radical (unpaired) electrons. The van der Waals surface area contributed by atoms with Gasteiger partial charge in [-0.05, 0) is 24.3 Å². The van der Waals surface area contributed by atoms with E-state index in [9.17, 15) is 28.3 Å². The molecule has 3 heterocycles. The highest BCUT2D eigenvalue weighted by Crippen LogP contribution is 2.38. The molecule has 13 heteroatoms. The van der Waals surface area contributed by atoms with Crippen LogP contribution in [0.1, 0.15) is 26.2 Å². The summed E-state index contributed by atoms with van der Waals surface area (Å²) in [5, 5.41) is 24.0. The lowest BCUT2D eigenvalue weighted by Crippen LogP contribution is -2.45. The number of carboxylic acids is 1. The second kappa shape index (κ2) is 11.6. The Morgan fingerprint density at radius 3 is 2.64 bits per heavy atom. The number of aromatic nitrogens is 1. The maximum atomic E-state index is 13.5. The number of hydrogen-bond acceptors (Lipinski definition) is 8. The number of rotatable bonds is 8. The highest BCUT2D eigenvalue weighted by atomic mass is 35.5. The SMILES string of the molecule is COc1cc(N2CC[C@@H](Oc3ccc(N4N=C(C(F)(F)F)[C@@H](C)[C@@H]4CC(=O)O)cc3)[C@H](CC#N)C2)c(Cl)cn1. The van der Waals surface area contributed by atoms with E-state index >= 15 is 0 Å². The molecule has 4 rings (SSSR count). The van der Waals surface area contributed by atoms with Crippen molar-refractivity contribution < 1.29 is 32.5 Å². The maximum absolute atomic E-state index is 13.5. The summed E-state index contributed by atoms with van der Waals surface area (Å²) in [5.74, 6) is -1.56. The van der Waals surface area contributed by atoms with Gasteiger partial charge in [0.05, 0.1) is 48.2 Å². The monoisotopic (exact) mass is 565 g/mol. The molecule has 0 saturated carbocycles. The van der Waals surface area contributed by atoms with Crippen LogP contribution in [0.5, 0.6) is 11.6 Å². The number of piperidine rings is 1. The maximum Gasteiger partial charge on any atom is 0.431 e. The highest BCUT2D eigenvalue weighted by molar-refractivity contribution is 6.33. The first-order valence-corrected chi connectivity index (χ1v) is 12.6. The fraction of sp³-hybridized carbons (Fsp3) is 0.462. The minimum Gasteiger partial charge on any atom is -0.490 e. The number of ether oxygens (including phenoxy) is 2. The molecule has 0 spiro atoms. The lowest BCUT2D eigenvalue weighted by Gasteiger charge is -2.39. The highest BCUT2D eigenvalue weighted by Gasteiger charge is 2.48. The molecule has 2 aliphatic heterocycles. The first-order valence-electron chi connectivity index (χ1n) is 12.3. The van der Waals surface area contributed by atoms with Crippen molar-refractivity contribution in [3.05, 3.63) is 41.6 Å². The van der Waals surface area contributed by atoms with Crippen LogP contribution in [0.4, 0.5) is 24.5 Å². The van der Waals surface area contributed by atoms with Crippen LogP contribution in [0, 0.1) is 23.2 Å². The molecule has 1 saturated heterocycles. The van der Waals surface area contributed by atoms with Gasteiger partial charge in [0.1, 0.15) is 17.6 Å². The van der Waals surface area contributed by atoms with Gasteiger partial charge in [-0.2, -0.15) is 23.5 Å². The third-order valence-electron chi connectivity index (χ3n) is 6.98. The minimum absolute atomic E-state index is 0.142. The Bertz CT molecular complexity index is 1270. The third-order valence-corrected chi connectivity index (χ3v) is 7.27. The quantitative estimate of drug-likeness (QED) is 0.468. The second-order valence-corrected chi connectivity index (χ2v) is 9.87. The zero-order valence-corrected chi connectivity index (χ0v) is 22.0. The fourth-order valence-corrected chi connectivity index (χ4v) is 5.22. The molecule has 2 aliphatic rings. The first-order chi connectivity index (χ1) is 18.5. The smallest absolute Gasteiger partial charge is 0.431 e. The predicted molar refractivity (Wildman–Crippen MR) is 138 cm³/mol. The number of aliphatic carboxylic acids is 1. The standard InChI is InChI=1S/C26H27ClF3N5O4/c1-15-20(12-24(36)37)35(33-25(15)26(28,29)30)17-3-5-18(6-4-17)39-22-8-10-34(14-16(22)7-9-31)21-11-23(38-2)32-13-19(21)27/h3-6,11,13,15-16,20,22H,7-8,10,12,14H2,1-2H3,(H,36,37)/t15-,16+,20-,22+/m0/s1. The van der Waals surface area contributed by atoms with Crippen LogP contribution in [0.3, 0.4) is 0 Å². The van der Waals surface area contributed by atoms with Crippen LogP contribution >= 0.6 is 11.6 Å². The molecular formula is C26H27ClF3N5O4. The van der Waals surface area contributed by atoms with Gasteiger partial charge in [0.15, 0.2) is 0 Å². The Balaban J connectivity index is 1.49. The number of anilines is 2. The fourth-order valence-electron chi connectivity index (χ4n) is 5.00. The number of methoxy groups -OCH3 is 1. The van der Waals surface area contributed by atoms with E-state index in [2.05, 4.69) is 21.1 Å². The molecule has 0 bridgehead atoms. The van der Waals surface area contributed by atoms with E-state index in [4.69, 9.17) is 21.1 Å². The van der Waals surface area contributed by atoms with Crippen molar-refractivity contribution in [3.8, 4) is 17.7 Å². The Kier molecular flexibility index (Phi) is 8.39. The number of hydrazone groups is 1. The van der Waals surface area contributed by atoms with Gasteiger partial charge in [-0.1, -0.05) is 18.5 Å². The molecule has 1 aromatic heterocycles. The van der Waals surface area contributed by atoms with Crippen molar-refractivity contribution in [1.29, 1.82) is 5.26 Å². The van der Waals surface area contributed by atoms with E-state index in [0.717, 1.165) is 10.7 Å². The number of halogens is 4. The molecule has 39 heavy (non-hydrogen) atoms.